The van der Waals surface area contributed by atoms with E-state index in [4.69, 9.17) is 21.7 Å². The van der Waals surface area contributed by atoms with Crippen LogP contribution < -0.4 is 14.6 Å². The van der Waals surface area contributed by atoms with Gasteiger partial charge in [0.05, 0.1) is 30.6 Å². The van der Waals surface area contributed by atoms with Gasteiger partial charge in [-0.05, 0) is 37.1 Å². The maximum Gasteiger partial charge on any atom is 0.266 e. The minimum Gasteiger partial charge on any atom is -0.548 e. The van der Waals surface area contributed by atoms with Crippen molar-refractivity contribution < 1.29 is 24.2 Å². The molecular weight excluding hydrogens is 398 g/mol. The van der Waals surface area contributed by atoms with Gasteiger partial charge in [0.1, 0.15) is 4.32 Å². The molecular formula is C20H24NO5S2-. The Morgan fingerprint density at radius 2 is 2.07 bits per heavy atom. The normalized spacial score (nSPS) is 16.5. The highest BCUT2D eigenvalue weighted by molar-refractivity contribution is 8.26. The second-order valence-corrected chi connectivity index (χ2v) is 8.04. The Hall–Kier alpha value is -2.06. The van der Waals surface area contributed by atoms with Crippen LogP contribution in [0.15, 0.2) is 23.1 Å². The number of amides is 1. The molecule has 0 N–H and O–H groups in total. The van der Waals surface area contributed by atoms with E-state index in [1.54, 1.807) is 25.3 Å². The van der Waals surface area contributed by atoms with Gasteiger partial charge in [-0.2, -0.15) is 0 Å². The first kappa shape index (κ1) is 22.2. The number of carboxylic acid groups (broad SMARTS) is 1. The number of thioether (sulfide) groups is 1. The maximum absolute atomic E-state index is 12.5. The molecule has 1 aromatic rings. The van der Waals surface area contributed by atoms with Crippen LogP contribution in [0.25, 0.3) is 6.08 Å². The lowest BCUT2D eigenvalue weighted by atomic mass is 10.1. The zero-order valence-corrected chi connectivity index (χ0v) is 17.9. The molecule has 1 heterocycles. The topological polar surface area (TPSA) is 78.9 Å². The first-order valence-electron chi connectivity index (χ1n) is 9.17. The molecule has 1 aromatic carbocycles. The standard InChI is InChI=1S/C20H25NO5S2/c1-4-5-6-7-10-26-15-9-8-14(11-16(15)25-3)12-17-18(22)21(20(27)28-17)13(2)19(23)24/h8-9,11-13H,4-7,10H2,1-3H3,(H,23,24)/p-1. The summed E-state index contributed by atoms with van der Waals surface area (Å²) < 4.78 is 11.4. The number of thiocarbonyl (C=S) groups is 1. The number of carbonyl (C=O) groups is 2. The summed E-state index contributed by atoms with van der Waals surface area (Å²) in [6.45, 7) is 4.16. The summed E-state index contributed by atoms with van der Waals surface area (Å²) in [6, 6.07) is 4.28. The molecule has 0 spiro atoms. The number of hydrogen-bond donors (Lipinski definition) is 0. The Bertz CT molecular complexity index is 778. The molecule has 1 aliphatic rings. The van der Waals surface area contributed by atoms with Crippen molar-refractivity contribution in [2.45, 2.75) is 45.6 Å². The molecule has 0 aromatic heterocycles. The molecule has 0 aliphatic carbocycles. The molecule has 1 saturated heterocycles. The highest BCUT2D eigenvalue weighted by Crippen LogP contribution is 2.35. The molecule has 0 saturated carbocycles. The van der Waals surface area contributed by atoms with E-state index in [0.717, 1.165) is 35.1 Å². The Labute approximate surface area is 174 Å². The predicted octanol–water partition coefficient (Wildman–Crippen LogP) is 2.99. The average molecular weight is 423 g/mol. The van der Waals surface area contributed by atoms with Crippen molar-refractivity contribution in [1.82, 2.24) is 4.90 Å². The number of carbonyl (C=O) groups excluding carboxylic acids is 2. The fourth-order valence-corrected chi connectivity index (χ4v) is 4.09. The fourth-order valence-electron chi connectivity index (χ4n) is 2.67. The van der Waals surface area contributed by atoms with E-state index in [0.29, 0.717) is 23.0 Å². The summed E-state index contributed by atoms with van der Waals surface area (Å²) in [4.78, 5) is 25.0. The second-order valence-electron chi connectivity index (χ2n) is 6.37. The third kappa shape index (κ3) is 5.48. The minimum absolute atomic E-state index is 0.201. The van der Waals surface area contributed by atoms with E-state index >= 15 is 0 Å². The number of unbranched alkanes of at least 4 members (excludes halogenated alkanes) is 3. The Kier molecular flexibility index (Phi) is 8.32. The number of hydrogen-bond acceptors (Lipinski definition) is 7. The van der Waals surface area contributed by atoms with Crippen molar-refractivity contribution >= 4 is 46.3 Å². The minimum atomic E-state index is -1.35. The summed E-state index contributed by atoms with van der Waals surface area (Å²) in [5.74, 6) is -0.571. The first-order valence-corrected chi connectivity index (χ1v) is 10.4. The van der Waals surface area contributed by atoms with Crippen LogP contribution in [0, 0.1) is 0 Å². The van der Waals surface area contributed by atoms with Crippen molar-refractivity contribution in [3.63, 3.8) is 0 Å². The van der Waals surface area contributed by atoms with Gasteiger partial charge in [-0.15, -0.1) is 0 Å². The smallest absolute Gasteiger partial charge is 0.266 e. The monoisotopic (exact) mass is 422 g/mol. The van der Waals surface area contributed by atoms with Crippen LogP contribution in [0.1, 0.15) is 45.1 Å². The number of nitrogens with zero attached hydrogens (tertiary/aromatic N) is 1. The van der Waals surface area contributed by atoms with Gasteiger partial charge < -0.3 is 19.4 Å². The van der Waals surface area contributed by atoms with Crippen LogP contribution in [-0.4, -0.2) is 40.9 Å². The molecule has 8 heteroatoms. The number of benzene rings is 1. The third-order valence-corrected chi connectivity index (χ3v) is 5.62. The highest BCUT2D eigenvalue weighted by Gasteiger charge is 2.35. The Morgan fingerprint density at radius 3 is 2.71 bits per heavy atom. The fraction of sp³-hybridized carbons (Fsp3) is 0.450. The summed E-state index contributed by atoms with van der Waals surface area (Å²) in [5.41, 5.74) is 0.733. The van der Waals surface area contributed by atoms with Gasteiger partial charge in [0.25, 0.3) is 5.91 Å². The van der Waals surface area contributed by atoms with Gasteiger partial charge in [0.2, 0.25) is 0 Å². The maximum atomic E-state index is 12.5. The van der Waals surface area contributed by atoms with E-state index in [2.05, 4.69) is 6.92 Å². The molecule has 0 bridgehead atoms. The van der Waals surface area contributed by atoms with E-state index in [1.807, 2.05) is 6.07 Å². The summed E-state index contributed by atoms with van der Waals surface area (Å²) >= 11 is 6.21. The lowest BCUT2D eigenvalue weighted by Crippen LogP contribution is -2.48. The summed E-state index contributed by atoms with van der Waals surface area (Å²) in [7, 11) is 1.56. The lowest BCUT2D eigenvalue weighted by Gasteiger charge is -2.23. The van der Waals surface area contributed by atoms with E-state index in [9.17, 15) is 14.7 Å². The van der Waals surface area contributed by atoms with Gasteiger partial charge in [0.15, 0.2) is 11.5 Å². The van der Waals surface area contributed by atoms with Crippen molar-refractivity contribution in [3.05, 3.63) is 28.7 Å². The third-order valence-electron chi connectivity index (χ3n) is 4.29. The van der Waals surface area contributed by atoms with Crippen molar-refractivity contribution in [2.75, 3.05) is 13.7 Å². The molecule has 1 atom stereocenters. The SMILES string of the molecule is CCCCCCOc1ccc(C=C2SC(=S)N(C(C)C(=O)[O-])C2=O)cc1OC. The quantitative estimate of drug-likeness (QED) is 0.326. The molecule has 1 amide bonds. The van der Waals surface area contributed by atoms with Crippen LogP contribution in [0.3, 0.4) is 0 Å². The highest BCUT2D eigenvalue weighted by atomic mass is 32.2. The van der Waals surface area contributed by atoms with Gasteiger partial charge >= 0.3 is 0 Å². The molecule has 0 radical (unpaired) electrons. The number of aliphatic carboxylic acids is 1. The largest absolute Gasteiger partial charge is 0.548 e. The van der Waals surface area contributed by atoms with Gasteiger partial charge in [0, 0.05) is 0 Å². The number of methoxy groups -OCH3 is 1. The predicted molar refractivity (Wildman–Crippen MR) is 112 cm³/mol. The summed E-state index contributed by atoms with van der Waals surface area (Å²) in [5, 5.41) is 11.1. The van der Waals surface area contributed by atoms with E-state index < -0.39 is 17.9 Å². The van der Waals surface area contributed by atoms with Gasteiger partial charge in [-0.1, -0.05) is 56.2 Å². The first-order chi connectivity index (χ1) is 13.4. The zero-order valence-electron chi connectivity index (χ0n) is 16.2. The Balaban J connectivity index is 2.12. The Morgan fingerprint density at radius 1 is 1.32 bits per heavy atom. The molecule has 1 unspecified atom stereocenters. The summed E-state index contributed by atoms with van der Waals surface area (Å²) in [6.07, 6.45) is 6.13. The van der Waals surface area contributed by atoms with E-state index in [-0.39, 0.29) is 4.32 Å². The number of rotatable bonds is 10. The number of ether oxygens (including phenoxy) is 2. The number of carboxylic acids is 1. The van der Waals surface area contributed by atoms with Gasteiger partial charge in [-0.25, -0.2) is 0 Å². The van der Waals surface area contributed by atoms with Crippen molar-refractivity contribution in [3.8, 4) is 11.5 Å². The molecule has 6 nitrogen and oxygen atoms in total. The van der Waals surface area contributed by atoms with Crippen molar-refractivity contribution in [2.24, 2.45) is 0 Å². The zero-order chi connectivity index (χ0) is 20.7. The average Bonchev–Trinajstić information content (AvgIpc) is 2.94. The van der Waals surface area contributed by atoms with E-state index in [1.165, 1.54) is 19.8 Å². The van der Waals surface area contributed by atoms with Gasteiger partial charge in [-0.3, -0.25) is 9.69 Å². The van der Waals surface area contributed by atoms with Crippen LogP contribution >= 0.6 is 24.0 Å². The van der Waals surface area contributed by atoms with Crippen LogP contribution in [-0.2, 0) is 9.59 Å². The van der Waals surface area contributed by atoms with Crippen LogP contribution in [0.2, 0.25) is 0 Å². The lowest BCUT2D eigenvalue weighted by molar-refractivity contribution is -0.309. The van der Waals surface area contributed by atoms with Crippen LogP contribution in [0.5, 0.6) is 11.5 Å². The molecule has 28 heavy (non-hydrogen) atoms. The van der Waals surface area contributed by atoms with Crippen molar-refractivity contribution in [1.29, 1.82) is 0 Å². The molecule has 1 fully saturated rings. The van der Waals surface area contributed by atoms with Crippen LogP contribution in [0.4, 0.5) is 0 Å². The molecule has 2 rings (SSSR count). The molecule has 152 valence electrons. The molecule has 1 aliphatic heterocycles. The second kappa shape index (κ2) is 10.5.